The Morgan fingerprint density at radius 3 is 2.29 bits per heavy atom. The maximum absolute atomic E-state index is 11.9. The highest BCUT2D eigenvalue weighted by Gasteiger charge is 2.12. The van der Waals surface area contributed by atoms with E-state index in [1.807, 2.05) is 26.0 Å². The normalized spacial score (nSPS) is 11.1. The van der Waals surface area contributed by atoms with Crippen molar-refractivity contribution >= 4 is 38.7 Å². The molecule has 0 aromatic heterocycles. The van der Waals surface area contributed by atoms with E-state index in [4.69, 9.17) is 12.2 Å². The highest BCUT2D eigenvalue weighted by Crippen LogP contribution is 2.18. The van der Waals surface area contributed by atoms with Crippen molar-refractivity contribution in [3.63, 3.8) is 0 Å². The van der Waals surface area contributed by atoms with Crippen LogP contribution in [-0.2, 0) is 10.0 Å². The van der Waals surface area contributed by atoms with Gasteiger partial charge in [-0.25, -0.2) is 13.1 Å². The second-order valence-corrected chi connectivity index (χ2v) is 7.60. The highest BCUT2D eigenvalue weighted by atomic mass is 32.2. The molecule has 0 atom stereocenters. The standard InChI is InChI=1S/C17H21N3O2S2/c1-4-18-24(21,22)15-8-6-14(7-9-15)19-17(23)20-16-10-5-12(2)11-13(16)3/h5-11,18H,4H2,1-3H3,(H2,19,20,23). The molecule has 7 heteroatoms. The number of thiocarbonyl (C=S) groups is 1. The van der Waals surface area contributed by atoms with Crippen LogP contribution in [0.3, 0.4) is 0 Å². The van der Waals surface area contributed by atoms with Crippen LogP contribution in [0.1, 0.15) is 18.1 Å². The van der Waals surface area contributed by atoms with Crippen molar-refractivity contribution in [1.29, 1.82) is 0 Å². The molecule has 0 unspecified atom stereocenters. The van der Waals surface area contributed by atoms with Crippen molar-refractivity contribution in [2.45, 2.75) is 25.7 Å². The zero-order chi connectivity index (χ0) is 17.7. The Bertz CT molecular complexity index is 831. The molecule has 0 heterocycles. The number of anilines is 2. The van der Waals surface area contributed by atoms with Gasteiger partial charge < -0.3 is 10.6 Å². The Balaban J connectivity index is 2.04. The Labute approximate surface area is 148 Å². The van der Waals surface area contributed by atoms with Gasteiger partial charge in [-0.2, -0.15) is 0 Å². The molecule has 2 aromatic rings. The minimum atomic E-state index is -3.44. The molecule has 0 fully saturated rings. The molecule has 0 saturated carbocycles. The van der Waals surface area contributed by atoms with E-state index in [1.54, 1.807) is 31.2 Å². The van der Waals surface area contributed by atoms with Crippen LogP contribution in [0.2, 0.25) is 0 Å². The lowest BCUT2D eigenvalue weighted by Gasteiger charge is -2.13. The van der Waals surface area contributed by atoms with Gasteiger partial charge in [0, 0.05) is 17.9 Å². The monoisotopic (exact) mass is 363 g/mol. The fraction of sp³-hybridized carbons (Fsp3) is 0.235. The second-order valence-electron chi connectivity index (χ2n) is 5.42. The molecule has 2 aromatic carbocycles. The van der Waals surface area contributed by atoms with Gasteiger partial charge in [0.2, 0.25) is 10.0 Å². The molecular formula is C17H21N3O2S2. The summed E-state index contributed by atoms with van der Waals surface area (Å²) >= 11 is 5.31. The fourth-order valence-corrected chi connectivity index (χ4v) is 3.50. The lowest BCUT2D eigenvalue weighted by Crippen LogP contribution is -2.23. The van der Waals surface area contributed by atoms with E-state index < -0.39 is 10.0 Å². The van der Waals surface area contributed by atoms with Crippen molar-refractivity contribution in [3.8, 4) is 0 Å². The molecule has 2 rings (SSSR count). The van der Waals surface area contributed by atoms with Crippen molar-refractivity contribution in [3.05, 3.63) is 53.6 Å². The van der Waals surface area contributed by atoms with Gasteiger partial charge >= 0.3 is 0 Å². The molecule has 3 N–H and O–H groups in total. The summed E-state index contributed by atoms with van der Waals surface area (Å²) in [5.74, 6) is 0. The Morgan fingerprint density at radius 1 is 1.04 bits per heavy atom. The third-order valence-electron chi connectivity index (χ3n) is 3.39. The van der Waals surface area contributed by atoms with Crippen LogP contribution in [-0.4, -0.2) is 20.1 Å². The summed E-state index contributed by atoms with van der Waals surface area (Å²) in [7, 11) is -3.44. The molecular weight excluding hydrogens is 342 g/mol. The van der Waals surface area contributed by atoms with Crippen LogP contribution in [0.5, 0.6) is 0 Å². The van der Waals surface area contributed by atoms with E-state index >= 15 is 0 Å². The average Bonchev–Trinajstić information content (AvgIpc) is 2.50. The molecule has 0 saturated heterocycles. The van der Waals surface area contributed by atoms with Crippen molar-refractivity contribution in [2.75, 3.05) is 17.2 Å². The van der Waals surface area contributed by atoms with Crippen LogP contribution in [0, 0.1) is 13.8 Å². The van der Waals surface area contributed by atoms with E-state index in [2.05, 4.69) is 21.4 Å². The van der Waals surface area contributed by atoms with Gasteiger partial charge in [-0.1, -0.05) is 24.6 Å². The Kier molecular flexibility index (Phi) is 5.93. The number of benzene rings is 2. The van der Waals surface area contributed by atoms with Crippen LogP contribution in [0.25, 0.3) is 0 Å². The first-order valence-corrected chi connectivity index (χ1v) is 9.46. The van der Waals surface area contributed by atoms with E-state index in [1.165, 1.54) is 5.56 Å². The molecule has 0 aliphatic carbocycles. The Morgan fingerprint density at radius 2 is 1.71 bits per heavy atom. The maximum atomic E-state index is 11.9. The average molecular weight is 364 g/mol. The number of hydrogen-bond donors (Lipinski definition) is 3. The second kappa shape index (κ2) is 7.74. The molecule has 0 radical (unpaired) electrons. The predicted molar refractivity (Wildman–Crippen MR) is 103 cm³/mol. The van der Waals surface area contributed by atoms with Gasteiger partial charge in [-0.3, -0.25) is 0 Å². The number of nitrogens with one attached hydrogen (secondary N) is 3. The molecule has 128 valence electrons. The first-order chi connectivity index (χ1) is 11.3. The zero-order valence-corrected chi connectivity index (χ0v) is 15.5. The summed E-state index contributed by atoms with van der Waals surface area (Å²) in [5.41, 5.74) is 3.94. The third-order valence-corrected chi connectivity index (χ3v) is 5.15. The molecule has 0 aliphatic heterocycles. The minimum Gasteiger partial charge on any atom is -0.332 e. The zero-order valence-electron chi connectivity index (χ0n) is 13.9. The van der Waals surface area contributed by atoms with E-state index in [0.717, 1.165) is 11.3 Å². The molecule has 0 bridgehead atoms. The van der Waals surface area contributed by atoms with Crippen LogP contribution >= 0.6 is 12.2 Å². The van der Waals surface area contributed by atoms with Crippen molar-refractivity contribution < 1.29 is 8.42 Å². The summed E-state index contributed by atoms with van der Waals surface area (Å²) in [6, 6.07) is 12.5. The van der Waals surface area contributed by atoms with Crippen molar-refractivity contribution in [1.82, 2.24) is 4.72 Å². The molecule has 5 nitrogen and oxygen atoms in total. The van der Waals surface area contributed by atoms with Crippen LogP contribution < -0.4 is 15.4 Å². The van der Waals surface area contributed by atoms with E-state index in [0.29, 0.717) is 17.3 Å². The fourth-order valence-electron chi connectivity index (χ4n) is 2.23. The summed E-state index contributed by atoms with van der Waals surface area (Å²) in [5, 5.41) is 6.64. The lowest BCUT2D eigenvalue weighted by molar-refractivity contribution is 0.584. The van der Waals surface area contributed by atoms with Crippen molar-refractivity contribution in [2.24, 2.45) is 0 Å². The number of sulfonamides is 1. The highest BCUT2D eigenvalue weighted by molar-refractivity contribution is 7.89. The summed E-state index contributed by atoms with van der Waals surface area (Å²) in [6.07, 6.45) is 0. The largest absolute Gasteiger partial charge is 0.332 e. The number of hydrogen-bond acceptors (Lipinski definition) is 3. The third kappa shape index (κ3) is 4.77. The Hall–Kier alpha value is -1.96. The molecule has 0 amide bonds. The van der Waals surface area contributed by atoms with Gasteiger partial charge in [-0.15, -0.1) is 0 Å². The van der Waals surface area contributed by atoms with Gasteiger partial charge in [0.1, 0.15) is 0 Å². The van der Waals surface area contributed by atoms with Crippen LogP contribution in [0.4, 0.5) is 11.4 Å². The summed E-state index contributed by atoms with van der Waals surface area (Å²) < 4.78 is 26.3. The molecule has 0 spiro atoms. The summed E-state index contributed by atoms with van der Waals surface area (Å²) in [6.45, 7) is 6.14. The van der Waals surface area contributed by atoms with Gasteiger partial charge in [0.15, 0.2) is 5.11 Å². The topological polar surface area (TPSA) is 70.2 Å². The quantitative estimate of drug-likeness (QED) is 0.710. The lowest BCUT2D eigenvalue weighted by atomic mass is 10.1. The number of aryl methyl sites for hydroxylation is 2. The van der Waals surface area contributed by atoms with E-state index in [-0.39, 0.29) is 4.90 Å². The molecule has 24 heavy (non-hydrogen) atoms. The maximum Gasteiger partial charge on any atom is 0.240 e. The smallest absolute Gasteiger partial charge is 0.240 e. The first-order valence-electron chi connectivity index (χ1n) is 7.57. The van der Waals surface area contributed by atoms with Gasteiger partial charge in [0.25, 0.3) is 0 Å². The minimum absolute atomic E-state index is 0.225. The predicted octanol–water partition coefficient (Wildman–Crippen LogP) is 3.41. The number of rotatable bonds is 5. The van der Waals surface area contributed by atoms with Gasteiger partial charge in [0.05, 0.1) is 4.90 Å². The van der Waals surface area contributed by atoms with Gasteiger partial charge in [-0.05, 0) is 62.0 Å². The van der Waals surface area contributed by atoms with Crippen LogP contribution in [0.15, 0.2) is 47.4 Å². The molecule has 0 aliphatic rings. The SMILES string of the molecule is CCNS(=O)(=O)c1ccc(NC(=S)Nc2ccc(C)cc2C)cc1. The van der Waals surface area contributed by atoms with E-state index in [9.17, 15) is 8.42 Å². The first kappa shape index (κ1) is 18.4. The summed E-state index contributed by atoms with van der Waals surface area (Å²) in [4.78, 5) is 0.225.